The van der Waals surface area contributed by atoms with Crippen molar-refractivity contribution in [3.8, 4) is 0 Å². The summed E-state index contributed by atoms with van der Waals surface area (Å²) in [4.78, 5) is 0. The lowest BCUT2D eigenvalue weighted by atomic mass is 9.77. The molecule has 0 aliphatic heterocycles. The Morgan fingerprint density at radius 1 is 1.46 bits per heavy atom. The molecule has 1 saturated carbocycles. The molecule has 2 heteroatoms. The maximum atomic E-state index is 5.77. The summed E-state index contributed by atoms with van der Waals surface area (Å²) in [5, 5.41) is 3.66. The van der Waals surface area contributed by atoms with Gasteiger partial charge >= 0.3 is 0 Å². The molecule has 0 saturated heterocycles. The zero-order valence-corrected chi connectivity index (χ0v) is 9.32. The Labute approximate surface area is 82.3 Å². The van der Waals surface area contributed by atoms with Crippen molar-refractivity contribution in [2.45, 2.75) is 52.0 Å². The van der Waals surface area contributed by atoms with Gasteiger partial charge in [0.1, 0.15) is 0 Å². The summed E-state index contributed by atoms with van der Waals surface area (Å²) < 4.78 is 0. The quantitative estimate of drug-likeness (QED) is 0.685. The molecule has 1 rings (SSSR count). The van der Waals surface area contributed by atoms with Crippen molar-refractivity contribution in [1.29, 1.82) is 0 Å². The lowest BCUT2D eigenvalue weighted by Crippen LogP contribution is -2.52. The van der Waals surface area contributed by atoms with E-state index < -0.39 is 0 Å². The second-order valence-electron chi connectivity index (χ2n) is 5.14. The van der Waals surface area contributed by atoms with E-state index in [-0.39, 0.29) is 0 Å². The molecule has 1 unspecified atom stereocenters. The fraction of sp³-hybridized carbons (Fsp3) is 1.00. The van der Waals surface area contributed by atoms with Crippen molar-refractivity contribution in [2.24, 2.45) is 11.1 Å². The number of rotatable bonds is 5. The third-order valence-corrected chi connectivity index (χ3v) is 3.75. The van der Waals surface area contributed by atoms with Gasteiger partial charge < -0.3 is 11.1 Å². The summed E-state index contributed by atoms with van der Waals surface area (Å²) in [5.41, 5.74) is 6.48. The van der Waals surface area contributed by atoms with Gasteiger partial charge in [-0.1, -0.05) is 13.8 Å². The predicted octanol–water partition coefficient (Wildman–Crippen LogP) is 1.89. The Balaban J connectivity index is 2.31. The van der Waals surface area contributed by atoms with E-state index in [1.54, 1.807) is 0 Å². The van der Waals surface area contributed by atoms with Crippen LogP contribution in [0.3, 0.4) is 0 Å². The summed E-state index contributed by atoms with van der Waals surface area (Å²) >= 11 is 0. The van der Waals surface area contributed by atoms with Crippen LogP contribution in [0.15, 0.2) is 0 Å². The Hall–Kier alpha value is -0.0800. The molecule has 0 aromatic rings. The molecule has 0 amide bonds. The van der Waals surface area contributed by atoms with E-state index in [4.69, 9.17) is 5.73 Å². The van der Waals surface area contributed by atoms with Crippen molar-refractivity contribution in [3.63, 3.8) is 0 Å². The van der Waals surface area contributed by atoms with Crippen LogP contribution >= 0.6 is 0 Å². The van der Waals surface area contributed by atoms with Gasteiger partial charge in [0, 0.05) is 12.1 Å². The summed E-state index contributed by atoms with van der Waals surface area (Å²) in [6.45, 7) is 8.66. The topological polar surface area (TPSA) is 38.0 Å². The molecule has 1 atom stereocenters. The van der Waals surface area contributed by atoms with Crippen molar-refractivity contribution >= 4 is 0 Å². The molecule has 0 spiro atoms. The Bertz CT molecular complexity index is 157. The normalized spacial score (nSPS) is 24.9. The lowest BCUT2D eigenvalue weighted by Gasteiger charge is -2.42. The Morgan fingerprint density at radius 3 is 2.38 bits per heavy atom. The van der Waals surface area contributed by atoms with Gasteiger partial charge in [-0.2, -0.15) is 0 Å². The first-order valence-electron chi connectivity index (χ1n) is 5.49. The zero-order valence-electron chi connectivity index (χ0n) is 9.32. The highest BCUT2D eigenvalue weighted by Gasteiger charge is 2.33. The third-order valence-electron chi connectivity index (χ3n) is 3.75. The average molecular weight is 184 g/mol. The maximum absolute atomic E-state index is 5.77. The van der Waals surface area contributed by atoms with Crippen molar-refractivity contribution in [1.82, 2.24) is 5.32 Å². The molecule has 1 aliphatic carbocycles. The Kier molecular flexibility index (Phi) is 3.36. The van der Waals surface area contributed by atoms with Gasteiger partial charge in [-0.05, 0) is 44.6 Å². The summed E-state index contributed by atoms with van der Waals surface area (Å²) in [6, 6.07) is 0. The molecule has 1 fully saturated rings. The summed E-state index contributed by atoms with van der Waals surface area (Å²) in [5.74, 6) is 0. The van der Waals surface area contributed by atoms with E-state index in [0.29, 0.717) is 11.0 Å². The Morgan fingerprint density at radius 2 is 2.08 bits per heavy atom. The number of nitrogens with two attached hydrogens (primary N) is 1. The molecule has 78 valence electrons. The van der Waals surface area contributed by atoms with E-state index in [9.17, 15) is 0 Å². The smallest absolute Gasteiger partial charge is 0.0153 e. The van der Waals surface area contributed by atoms with Crippen LogP contribution < -0.4 is 11.1 Å². The molecule has 0 radical (unpaired) electrons. The number of hydrogen-bond acceptors (Lipinski definition) is 2. The molecule has 0 aromatic carbocycles. The standard InChI is InChI=1S/C11H24N2/c1-4-10(2,8-12)9-13-11(3)6-5-7-11/h13H,4-9,12H2,1-3H3. The minimum absolute atomic E-state index is 0.290. The molecule has 0 heterocycles. The highest BCUT2D eigenvalue weighted by atomic mass is 15.0. The van der Waals surface area contributed by atoms with Gasteiger partial charge in [0.05, 0.1) is 0 Å². The van der Waals surface area contributed by atoms with Crippen LogP contribution in [0, 0.1) is 5.41 Å². The van der Waals surface area contributed by atoms with Gasteiger partial charge in [-0.15, -0.1) is 0 Å². The van der Waals surface area contributed by atoms with Gasteiger partial charge in [-0.3, -0.25) is 0 Å². The lowest BCUT2D eigenvalue weighted by molar-refractivity contribution is 0.170. The van der Waals surface area contributed by atoms with E-state index in [0.717, 1.165) is 19.5 Å². The average Bonchev–Trinajstić information content (AvgIpc) is 2.11. The van der Waals surface area contributed by atoms with E-state index in [1.165, 1.54) is 19.3 Å². The van der Waals surface area contributed by atoms with Crippen LogP contribution in [0.25, 0.3) is 0 Å². The van der Waals surface area contributed by atoms with Gasteiger partial charge in [0.15, 0.2) is 0 Å². The monoisotopic (exact) mass is 184 g/mol. The molecule has 3 N–H and O–H groups in total. The van der Waals surface area contributed by atoms with Gasteiger partial charge in [0.25, 0.3) is 0 Å². The second kappa shape index (κ2) is 3.97. The van der Waals surface area contributed by atoms with E-state index in [1.807, 2.05) is 0 Å². The number of hydrogen-bond donors (Lipinski definition) is 2. The SMILES string of the molecule is CCC(C)(CN)CNC1(C)CCC1. The first kappa shape index (κ1) is 11.0. The maximum Gasteiger partial charge on any atom is 0.0153 e. The molecular formula is C11H24N2. The number of nitrogens with one attached hydrogen (secondary N) is 1. The fourth-order valence-corrected chi connectivity index (χ4v) is 1.65. The minimum atomic E-state index is 0.290. The molecule has 0 aromatic heterocycles. The summed E-state index contributed by atoms with van der Waals surface area (Å²) in [7, 11) is 0. The van der Waals surface area contributed by atoms with Crippen molar-refractivity contribution in [2.75, 3.05) is 13.1 Å². The largest absolute Gasteiger partial charge is 0.330 e. The molecule has 13 heavy (non-hydrogen) atoms. The van der Waals surface area contributed by atoms with Gasteiger partial charge in [-0.25, -0.2) is 0 Å². The van der Waals surface area contributed by atoms with Crippen LogP contribution in [0.1, 0.15) is 46.5 Å². The predicted molar refractivity (Wildman–Crippen MR) is 57.7 cm³/mol. The van der Waals surface area contributed by atoms with Crippen molar-refractivity contribution < 1.29 is 0 Å². The minimum Gasteiger partial charge on any atom is -0.330 e. The van der Waals surface area contributed by atoms with Crippen LogP contribution in [0.2, 0.25) is 0 Å². The van der Waals surface area contributed by atoms with Crippen LogP contribution in [0.5, 0.6) is 0 Å². The zero-order chi connectivity index (χ0) is 9.95. The molecule has 0 bridgehead atoms. The summed E-state index contributed by atoms with van der Waals surface area (Å²) in [6.07, 6.45) is 5.20. The van der Waals surface area contributed by atoms with E-state index in [2.05, 4.69) is 26.1 Å². The molecular weight excluding hydrogens is 160 g/mol. The van der Waals surface area contributed by atoms with Crippen LogP contribution in [-0.2, 0) is 0 Å². The second-order valence-corrected chi connectivity index (χ2v) is 5.14. The first-order chi connectivity index (χ1) is 6.04. The van der Waals surface area contributed by atoms with Crippen LogP contribution in [-0.4, -0.2) is 18.6 Å². The van der Waals surface area contributed by atoms with Crippen molar-refractivity contribution in [3.05, 3.63) is 0 Å². The molecule has 1 aliphatic rings. The fourth-order valence-electron chi connectivity index (χ4n) is 1.65. The molecule has 2 nitrogen and oxygen atoms in total. The van der Waals surface area contributed by atoms with E-state index >= 15 is 0 Å². The highest BCUT2D eigenvalue weighted by molar-refractivity contribution is 4.93. The van der Waals surface area contributed by atoms with Crippen LogP contribution in [0.4, 0.5) is 0 Å². The highest BCUT2D eigenvalue weighted by Crippen LogP contribution is 2.32. The van der Waals surface area contributed by atoms with Gasteiger partial charge in [0.2, 0.25) is 0 Å². The third kappa shape index (κ3) is 2.68. The first-order valence-corrected chi connectivity index (χ1v) is 5.49.